The summed E-state index contributed by atoms with van der Waals surface area (Å²) in [5.41, 5.74) is 0.751. The zero-order chi connectivity index (χ0) is 15.2. The van der Waals surface area contributed by atoms with E-state index < -0.39 is 0 Å². The number of hydrogen-bond donors (Lipinski definition) is 1. The number of piperidine rings is 1. The number of para-hydroxylation sites is 2. The quantitative estimate of drug-likeness (QED) is 0.906. The summed E-state index contributed by atoms with van der Waals surface area (Å²) in [4.78, 5) is 14.4. The van der Waals surface area contributed by atoms with Crippen LogP contribution in [0.5, 0.6) is 5.75 Å². The van der Waals surface area contributed by atoms with Crippen molar-refractivity contribution in [2.75, 3.05) is 25.0 Å². The van der Waals surface area contributed by atoms with Gasteiger partial charge < -0.3 is 10.1 Å². The summed E-state index contributed by atoms with van der Waals surface area (Å²) in [5.74, 6) is 1.44. The van der Waals surface area contributed by atoms with Crippen molar-refractivity contribution in [2.45, 2.75) is 39.7 Å². The highest BCUT2D eigenvalue weighted by Crippen LogP contribution is 2.25. The first-order valence-electron chi connectivity index (χ1n) is 7.82. The molecular formula is C17H26N2O2. The number of anilines is 1. The van der Waals surface area contributed by atoms with Crippen LogP contribution >= 0.6 is 0 Å². The number of hydrogen-bond acceptors (Lipinski definition) is 3. The Labute approximate surface area is 127 Å². The van der Waals surface area contributed by atoms with Gasteiger partial charge in [0.1, 0.15) is 5.75 Å². The maximum absolute atomic E-state index is 12.2. The van der Waals surface area contributed by atoms with E-state index in [1.807, 2.05) is 38.1 Å². The molecule has 4 nitrogen and oxygen atoms in total. The van der Waals surface area contributed by atoms with Crippen LogP contribution in [0.1, 0.15) is 33.6 Å². The monoisotopic (exact) mass is 290 g/mol. The van der Waals surface area contributed by atoms with Crippen LogP contribution < -0.4 is 10.1 Å². The average Bonchev–Trinajstić information content (AvgIpc) is 2.40. The zero-order valence-electron chi connectivity index (χ0n) is 13.3. The third kappa shape index (κ3) is 5.05. The first-order chi connectivity index (χ1) is 10.0. The van der Waals surface area contributed by atoms with Crippen LogP contribution in [0, 0.1) is 5.92 Å². The van der Waals surface area contributed by atoms with Crippen LogP contribution in [0.2, 0.25) is 0 Å². The van der Waals surface area contributed by atoms with Crippen LogP contribution in [0.15, 0.2) is 24.3 Å². The molecule has 1 aromatic rings. The molecular weight excluding hydrogens is 264 g/mol. The van der Waals surface area contributed by atoms with Gasteiger partial charge in [-0.05, 0) is 51.3 Å². The number of carbonyl (C=O) groups excluding carboxylic acids is 1. The van der Waals surface area contributed by atoms with Gasteiger partial charge in [-0.25, -0.2) is 0 Å². The Morgan fingerprint density at radius 1 is 1.43 bits per heavy atom. The second-order valence-corrected chi connectivity index (χ2v) is 6.19. The SMILES string of the molecule is CC1CCCN(CC(=O)Nc2ccccc2OC(C)C)C1. The third-order valence-electron chi connectivity index (χ3n) is 3.63. The molecule has 1 aliphatic heterocycles. The van der Waals surface area contributed by atoms with E-state index in [1.165, 1.54) is 12.8 Å². The number of likely N-dealkylation sites (tertiary alicyclic amines) is 1. The molecule has 21 heavy (non-hydrogen) atoms. The van der Waals surface area contributed by atoms with Crippen LogP contribution in [0.3, 0.4) is 0 Å². The van der Waals surface area contributed by atoms with Crippen LogP contribution in [-0.4, -0.2) is 36.5 Å². The molecule has 116 valence electrons. The zero-order valence-corrected chi connectivity index (χ0v) is 13.3. The Balaban J connectivity index is 1.93. The molecule has 1 atom stereocenters. The Kier molecular flexibility index (Phi) is 5.62. The number of nitrogens with one attached hydrogen (secondary N) is 1. The lowest BCUT2D eigenvalue weighted by Gasteiger charge is -2.30. The third-order valence-corrected chi connectivity index (χ3v) is 3.63. The molecule has 1 amide bonds. The molecule has 1 fully saturated rings. The lowest BCUT2D eigenvalue weighted by molar-refractivity contribution is -0.117. The number of amides is 1. The lowest BCUT2D eigenvalue weighted by atomic mass is 10.0. The average molecular weight is 290 g/mol. The number of nitrogens with zero attached hydrogens (tertiary/aromatic N) is 1. The van der Waals surface area contributed by atoms with Crippen molar-refractivity contribution in [3.8, 4) is 5.75 Å². The largest absolute Gasteiger partial charge is 0.489 e. The molecule has 4 heteroatoms. The van der Waals surface area contributed by atoms with Gasteiger partial charge in [0.25, 0.3) is 0 Å². The summed E-state index contributed by atoms with van der Waals surface area (Å²) in [6.45, 7) is 8.69. The topological polar surface area (TPSA) is 41.6 Å². The highest BCUT2D eigenvalue weighted by Gasteiger charge is 2.19. The predicted octanol–water partition coefficient (Wildman–Crippen LogP) is 3.14. The maximum Gasteiger partial charge on any atom is 0.238 e. The molecule has 0 spiro atoms. The van der Waals surface area contributed by atoms with Crippen LogP contribution in [-0.2, 0) is 4.79 Å². The smallest absolute Gasteiger partial charge is 0.238 e. The van der Waals surface area contributed by atoms with E-state index in [0.29, 0.717) is 12.5 Å². The van der Waals surface area contributed by atoms with Crippen molar-refractivity contribution in [3.05, 3.63) is 24.3 Å². The fraction of sp³-hybridized carbons (Fsp3) is 0.588. The van der Waals surface area contributed by atoms with E-state index in [-0.39, 0.29) is 12.0 Å². The molecule has 0 bridgehead atoms. The summed E-state index contributed by atoms with van der Waals surface area (Å²) in [7, 11) is 0. The van der Waals surface area contributed by atoms with E-state index in [2.05, 4.69) is 17.1 Å². The van der Waals surface area contributed by atoms with Gasteiger partial charge in [0.05, 0.1) is 18.3 Å². The first-order valence-corrected chi connectivity index (χ1v) is 7.82. The second-order valence-electron chi connectivity index (χ2n) is 6.19. The molecule has 1 aliphatic rings. The van der Waals surface area contributed by atoms with Crippen molar-refractivity contribution in [3.63, 3.8) is 0 Å². The molecule has 0 saturated carbocycles. The number of rotatable bonds is 5. The molecule has 1 N–H and O–H groups in total. The van der Waals surface area contributed by atoms with Crippen LogP contribution in [0.4, 0.5) is 5.69 Å². The standard InChI is InChI=1S/C17H26N2O2/c1-13(2)21-16-9-5-4-8-15(16)18-17(20)12-19-10-6-7-14(3)11-19/h4-5,8-9,13-14H,6-7,10-12H2,1-3H3,(H,18,20). The van der Waals surface area contributed by atoms with Crippen molar-refractivity contribution in [1.82, 2.24) is 4.90 Å². The van der Waals surface area contributed by atoms with Crippen LogP contribution in [0.25, 0.3) is 0 Å². The summed E-state index contributed by atoms with van der Waals surface area (Å²) in [6.07, 6.45) is 2.54. The Hall–Kier alpha value is -1.55. The number of carbonyl (C=O) groups is 1. The number of benzene rings is 1. The fourth-order valence-corrected chi connectivity index (χ4v) is 2.75. The van der Waals surface area contributed by atoms with E-state index >= 15 is 0 Å². The predicted molar refractivity (Wildman–Crippen MR) is 85.7 cm³/mol. The van der Waals surface area contributed by atoms with Gasteiger partial charge in [-0.1, -0.05) is 19.1 Å². The minimum Gasteiger partial charge on any atom is -0.489 e. The fourth-order valence-electron chi connectivity index (χ4n) is 2.75. The molecule has 1 unspecified atom stereocenters. The maximum atomic E-state index is 12.2. The molecule has 0 radical (unpaired) electrons. The highest BCUT2D eigenvalue weighted by molar-refractivity contribution is 5.93. The van der Waals surface area contributed by atoms with Gasteiger partial charge in [0, 0.05) is 6.54 Å². The Morgan fingerprint density at radius 2 is 2.19 bits per heavy atom. The van der Waals surface area contributed by atoms with Gasteiger partial charge >= 0.3 is 0 Å². The molecule has 1 saturated heterocycles. The van der Waals surface area contributed by atoms with E-state index in [4.69, 9.17) is 4.74 Å². The van der Waals surface area contributed by atoms with E-state index in [1.54, 1.807) is 0 Å². The summed E-state index contributed by atoms with van der Waals surface area (Å²) in [6, 6.07) is 7.60. The van der Waals surface area contributed by atoms with Gasteiger partial charge in [-0.2, -0.15) is 0 Å². The highest BCUT2D eigenvalue weighted by atomic mass is 16.5. The minimum absolute atomic E-state index is 0.0314. The van der Waals surface area contributed by atoms with Crippen molar-refractivity contribution < 1.29 is 9.53 Å². The summed E-state index contributed by atoms with van der Waals surface area (Å²) < 4.78 is 5.72. The van der Waals surface area contributed by atoms with Crippen molar-refractivity contribution in [2.24, 2.45) is 5.92 Å². The summed E-state index contributed by atoms with van der Waals surface area (Å²) >= 11 is 0. The van der Waals surface area contributed by atoms with Gasteiger partial charge in [0.2, 0.25) is 5.91 Å². The molecule has 0 aliphatic carbocycles. The van der Waals surface area contributed by atoms with Gasteiger partial charge in [0.15, 0.2) is 0 Å². The van der Waals surface area contributed by atoms with Gasteiger partial charge in [-0.3, -0.25) is 9.69 Å². The second kappa shape index (κ2) is 7.46. The molecule has 0 aromatic heterocycles. The molecule has 2 rings (SSSR count). The van der Waals surface area contributed by atoms with Crippen molar-refractivity contribution in [1.29, 1.82) is 0 Å². The Bertz CT molecular complexity index is 474. The van der Waals surface area contributed by atoms with Crippen molar-refractivity contribution >= 4 is 11.6 Å². The van der Waals surface area contributed by atoms with Gasteiger partial charge in [-0.15, -0.1) is 0 Å². The normalized spacial score (nSPS) is 19.5. The molecule has 1 aromatic carbocycles. The minimum atomic E-state index is 0.0314. The van der Waals surface area contributed by atoms with E-state index in [9.17, 15) is 4.79 Å². The summed E-state index contributed by atoms with van der Waals surface area (Å²) in [5, 5.41) is 2.97. The van der Waals surface area contributed by atoms with E-state index in [0.717, 1.165) is 24.5 Å². The first kappa shape index (κ1) is 15.8. The lowest BCUT2D eigenvalue weighted by Crippen LogP contribution is -2.39. The number of ether oxygens (including phenoxy) is 1. The molecule has 1 heterocycles. The Morgan fingerprint density at radius 3 is 2.90 bits per heavy atom.